The van der Waals surface area contributed by atoms with Crippen LogP contribution in [0.15, 0.2) is 0 Å². The molecule has 0 radical (unpaired) electrons. The van der Waals surface area contributed by atoms with Crippen LogP contribution in [0.5, 0.6) is 0 Å². The number of rotatable bonds is 13. The van der Waals surface area contributed by atoms with E-state index < -0.39 is 148 Å². The summed E-state index contributed by atoms with van der Waals surface area (Å²) < 4.78 is 31.5. The van der Waals surface area contributed by atoms with E-state index in [4.69, 9.17) is 23.7 Å². The Hall–Kier alpha value is -2.23. The molecule has 22 heteroatoms. The summed E-state index contributed by atoms with van der Waals surface area (Å²) in [6, 6.07) is -1.73. The van der Waals surface area contributed by atoms with E-state index in [-0.39, 0.29) is 0 Å². The molecule has 0 aliphatic carbocycles. The second-order valence-corrected chi connectivity index (χ2v) is 11.1. The van der Waals surface area contributed by atoms with Gasteiger partial charge in [0.25, 0.3) is 5.79 Å². The number of nitrogens with one attached hydrogen (secondary N) is 1. The van der Waals surface area contributed by atoms with E-state index in [9.17, 15) is 75.7 Å². The van der Waals surface area contributed by atoms with Crippen LogP contribution in [0.4, 0.5) is 0 Å². The zero-order valence-electron chi connectivity index (χ0n) is 24.7. The van der Waals surface area contributed by atoms with Gasteiger partial charge in [-0.25, -0.2) is 4.79 Å². The monoisotopic (exact) mass is 691 g/mol. The second-order valence-electron chi connectivity index (χ2n) is 11.1. The lowest BCUT2D eigenvalue weighted by Crippen LogP contribution is -2.71. The summed E-state index contributed by atoms with van der Waals surface area (Å²) in [7, 11) is 0. The minimum absolute atomic E-state index is 0.861. The third-order valence-corrected chi connectivity index (χ3v) is 7.84. The third kappa shape index (κ3) is 8.69. The van der Waals surface area contributed by atoms with Crippen molar-refractivity contribution >= 4 is 17.8 Å². The van der Waals surface area contributed by atoms with Crippen LogP contribution >= 0.6 is 0 Å². The first-order valence-corrected chi connectivity index (χ1v) is 14.3. The zero-order chi connectivity index (χ0) is 35.4. The topological polar surface area (TPSA) is 361 Å². The van der Waals surface area contributed by atoms with Gasteiger partial charge in [0.15, 0.2) is 12.6 Å². The largest absolute Gasteiger partial charge is 0.477 e. The van der Waals surface area contributed by atoms with E-state index in [1.807, 2.05) is 0 Å². The lowest BCUT2D eigenvalue weighted by atomic mass is 9.88. The third-order valence-electron chi connectivity index (χ3n) is 7.84. The first-order chi connectivity index (χ1) is 22.0. The Kier molecular flexibility index (Phi) is 13.7. The molecule has 47 heavy (non-hydrogen) atoms. The molecule has 16 atom stereocenters. The number of aliphatic hydroxyl groups excluding tert-OH is 11. The maximum absolute atomic E-state index is 12.7. The first-order valence-electron chi connectivity index (χ1n) is 14.3. The fourth-order valence-corrected chi connectivity index (χ4v) is 5.35. The normalized spacial score (nSPS) is 42.3. The van der Waals surface area contributed by atoms with Crippen molar-refractivity contribution in [2.24, 2.45) is 0 Å². The molecule has 0 spiro atoms. The molecule has 0 saturated carbocycles. The average Bonchev–Trinajstić information content (AvgIpc) is 3.03. The Morgan fingerprint density at radius 3 is 2.09 bits per heavy atom. The highest BCUT2D eigenvalue weighted by Gasteiger charge is 2.60. The maximum Gasteiger partial charge on any atom is 0.364 e. The predicted molar refractivity (Wildman–Crippen MR) is 141 cm³/mol. The lowest BCUT2D eigenvalue weighted by Gasteiger charge is -2.50. The SMILES string of the molecule is CC(=O)OC[C@@H](O)[C@@H](O)[C@@H]1O[C@@](O[C@H]2[C@@H](O)[C@@H](CO)O[C@@H](O[C@H]3[C@H](O)[C@@H](O)[C@H](O)O[C@@H]3CO)[C@@H]2O)(C(=O)O)C[C@H](O)[C@H]1NC(=O)CO. The quantitative estimate of drug-likeness (QED) is 0.0797. The van der Waals surface area contributed by atoms with Crippen molar-refractivity contribution in [3.8, 4) is 0 Å². The summed E-state index contributed by atoms with van der Waals surface area (Å²) in [6.07, 6.45) is -28.8. The molecular formula is C25H41NO21. The predicted octanol–water partition coefficient (Wildman–Crippen LogP) is -8.68. The number of esters is 1. The van der Waals surface area contributed by atoms with Gasteiger partial charge in [0.2, 0.25) is 5.91 Å². The van der Waals surface area contributed by atoms with E-state index in [2.05, 4.69) is 10.1 Å². The summed E-state index contributed by atoms with van der Waals surface area (Å²) in [4.78, 5) is 35.9. The van der Waals surface area contributed by atoms with Crippen molar-refractivity contribution in [1.29, 1.82) is 0 Å². The molecule has 0 aromatic heterocycles. The Balaban J connectivity index is 1.95. The summed E-state index contributed by atoms with van der Waals surface area (Å²) >= 11 is 0. The van der Waals surface area contributed by atoms with E-state index >= 15 is 0 Å². The molecule has 13 N–H and O–H groups in total. The van der Waals surface area contributed by atoms with Gasteiger partial charge in [0.1, 0.15) is 80.4 Å². The van der Waals surface area contributed by atoms with Crippen molar-refractivity contribution in [3.05, 3.63) is 0 Å². The molecule has 3 aliphatic heterocycles. The van der Waals surface area contributed by atoms with Crippen LogP contribution in [-0.4, -0.2) is 203 Å². The smallest absolute Gasteiger partial charge is 0.364 e. The van der Waals surface area contributed by atoms with Crippen LogP contribution in [-0.2, 0) is 42.8 Å². The molecule has 0 unspecified atom stereocenters. The average molecular weight is 692 g/mol. The minimum atomic E-state index is -3.12. The van der Waals surface area contributed by atoms with Gasteiger partial charge in [-0.05, 0) is 0 Å². The Bertz CT molecular complexity index is 1070. The maximum atomic E-state index is 12.7. The highest BCUT2D eigenvalue weighted by molar-refractivity contribution is 5.78. The van der Waals surface area contributed by atoms with Crippen LogP contribution in [0.3, 0.4) is 0 Å². The number of carboxylic acids is 1. The number of aliphatic carboxylic acids is 1. The number of hydrogen-bond donors (Lipinski definition) is 13. The van der Waals surface area contributed by atoms with Gasteiger partial charge in [-0.3, -0.25) is 9.59 Å². The fourth-order valence-electron chi connectivity index (χ4n) is 5.35. The lowest BCUT2D eigenvalue weighted by molar-refractivity contribution is -0.385. The number of amides is 1. The molecule has 3 rings (SSSR count). The highest BCUT2D eigenvalue weighted by Crippen LogP contribution is 2.38. The number of ether oxygens (including phenoxy) is 6. The van der Waals surface area contributed by atoms with Crippen molar-refractivity contribution in [2.75, 3.05) is 26.4 Å². The molecule has 3 saturated heterocycles. The van der Waals surface area contributed by atoms with Gasteiger partial charge in [-0.2, -0.15) is 0 Å². The van der Waals surface area contributed by atoms with Gasteiger partial charge in [-0.15, -0.1) is 0 Å². The van der Waals surface area contributed by atoms with Crippen LogP contribution in [0.25, 0.3) is 0 Å². The van der Waals surface area contributed by atoms with Crippen molar-refractivity contribution < 1.29 is 104 Å². The number of aliphatic hydroxyl groups is 11. The fraction of sp³-hybridized carbons (Fsp3) is 0.880. The summed E-state index contributed by atoms with van der Waals surface area (Å²) in [5, 5.41) is 125. The van der Waals surface area contributed by atoms with Crippen LogP contribution in [0.2, 0.25) is 0 Å². The second kappa shape index (κ2) is 16.4. The molecule has 272 valence electrons. The Morgan fingerprint density at radius 1 is 0.894 bits per heavy atom. The number of hydrogen-bond acceptors (Lipinski definition) is 20. The Morgan fingerprint density at radius 2 is 1.53 bits per heavy atom. The summed E-state index contributed by atoms with van der Waals surface area (Å²) in [5.74, 6) is -7.16. The number of carbonyl (C=O) groups is 3. The van der Waals surface area contributed by atoms with Gasteiger partial charge in [0.05, 0.1) is 25.4 Å². The van der Waals surface area contributed by atoms with Crippen molar-refractivity contribution in [2.45, 2.75) is 111 Å². The van der Waals surface area contributed by atoms with Crippen LogP contribution in [0, 0.1) is 0 Å². The Labute approximate surface area is 265 Å². The van der Waals surface area contributed by atoms with E-state index in [0.29, 0.717) is 0 Å². The van der Waals surface area contributed by atoms with Gasteiger partial charge in [0, 0.05) is 13.3 Å². The van der Waals surface area contributed by atoms with E-state index in [1.54, 1.807) is 0 Å². The van der Waals surface area contributed by atoms with Gasteiger partial charge < -0.3 is 95.0 Å². The standard InChI is InChI=1S/C25H41NO21/c1-7(30)42-6-9(32)14(34)20-13(26-12(33)5-29)8(31)2-25(46-20,24(40)41)47-21-15(35)10(3-27)44-23(18(21)38)45-19-11(4-28)43-22(39)17(37)16(19)36/h8-11,13-23,27-29,31-32,34-39H,2-6H2,1H3,(H,26,33)(H,40,41)/t8-,9+,10+,11+,13+,14+,15-,16+,17+,18+,19+,20+,21-,22+,23-,25-/m0/s1. The van der Waals surface area contributed by atoms with Crippen LogP contribution in [0.1, 0.15) is 13.3 Å². The molecule has 0 aromatic rings. The first kappa shape index (κ1) is 39.2. The summed E-state index contributed by atoms with van der Waals surface area (Å²) in [6.45, 7) is -2.91. The van der Waals surface area contributed by atoms with Crippen molar-refractivity contribution in [3.63, 3.8) is 0 Å². The van der Waals surface area contributed by atoms with E-state index in [1.165, 1.54) is 0 Å². The highest BCUT2D eigenvalue weighted by atomic mass is 16.8. The molecule has 22 nitrogen and oxygen atoms in total. The van der Waals surface area contributed by atoms with Gasteiger partial charge in [-0.1, -0.05) is 0 Å². The summed E-state index contributed by atoms with van der Waals surface area (Å²) in [5.41, 5.74) is 0. The zero-order valence-corrected chi connectivity index (χ0v) is 24.7. The molecule has 0 bridgehead atoms. The molecule has 3 fully saturated rings. The van der Waals surface area contributed by atoms with Crippen molar-refractivity contribution in [1.82, 2.24) is 5.32 Å². The number of carbonyl (C=O) groups excluding carboxylic acids is 2. The molecule has 3 aliphatic rings. The minimum Gasteiger partial charge on any atom is -0.477 e. The molecule has 3 heterocycles. The molecular weight excluding hydrogens is 650 g/mol. The van der Waals surface area contributed by atoms with Gasteiger partial charge >= 0.3 is 11.9 Å². The number of carboxylic acid groups (broad SMARTS) is 1. The molecule has 1 amide bonds. The van der Waals surface area contributed by atoms with E-state index in [0.717, 1.165) is 6.92 Å². The van der Waals surface area contributed by atoms with Crippen LogP contribution < -0.4 is 5.32 Å². The molecule has 0 aromatic carbocycles.